The highest BCUT2D eigenvalue weighted by atomic mass is 16.6. The highest BCUT2D eigenvalue weighted by Gasteiger charge is 2.13. The quantitative estimate of drug-likeness (QED) is 0.689. The number of benzene rings is 1. The molecule has 0 fully saturated rings. The third-order valence-electron chi connectivity index (χ3n) is 2.57. The molecule has 1 aliphatic heterocycles. The van der Waals surface area contributed by atoms with Gasteiger partial charge in [-0.25, -0.2) is 0 Å². The minimum Gasteiger partial charge on any atom is -0.486 e. The highest BCUT2D eigenvalue weighted by Crippen LogP contribution is 2.33. The fourth-order valence-electron chi connectivity index (χ4n) is 1.61. The Hall–Kier alpha value is -2.46. The largest absolute Gasteiger partial charge is 0.486 e. The molecule has 17 heavy (non-hydrogen) atoms. The Morgan fingerprint density at radius 1 is 1.12 bits per heavy atom. The fourth-order valence-corrected chi connectivity index (χ4v) is 1.61. The van der Waals surface area contributed by atoms with Gasteiger partial charge in [-0.2, -0.15) is 10.5 Å². The van der Waals surface area contributed by atoms with E-state index in [1.54, 1.807) is 19.1 Å². The molecule has 2 rings (SSSR count). The van der Waals surface area contributed by atoms with Crippen molar-refractivity contribution in [3.8, 4) is 23.6 Å². The Kier molecular flexibility index (Phi) is 2.98. The first kappa shape index (κ1) is 11.0. The Morgan fingerprint density at radius 3 is 2.41 bits per heavy atom. The minimum atomic E-state index is 0.113. The molecule has 0 aliphatic carbocycles. The summed E-state index contributed by atoms with van der Waals surface area (Å²) in [4.78, 5) is 0. The van der Waals surface area contributed by atoms with E-state index in [4.69, 9.17) is 20.0 Å². The molecule has 4 nitrogen and oxygen atoms in total. The van der Waals surface area contributed by atoms with Crippen molar-refractivity contribution in [1.82, 2.24) is 0 Å². The maximum absolute atomic E-state index is 8.81. The van der Waals surface area contributed by atoms with Crippen LogP contribution in [0.15, 0.2) is 23.8 Å². The monoisotopic (exact) mass is 226 g/mol. The SMILES string of the molecule is CC(=C(C#N)C#N)c1ccc2c(c1)OCCO2. The predicted molar refractivity (Wildman–Crippen MR) is 61.3 cm³/mol. The van der Waals surface area contributed by atoms with E-state index in [0.29, 0.717) is 30.3 Å². The average Bonchev–Trinajstić information content (AvgIpc) is 2.39. The lowest BCUT2D eigenvalue weighted by Gasteiger charge is -2.19. The van der Waals surface area contributed by atoms with Crippen molar-refractivity contribution in [2.24, 2.45) is 0 Å². The first-order chi connectivity index (χ1) is 8.26. The van der Waals surface area contributed by atoms with E-state index in [0.717, 1.165) is 5.56 Å². The number of allylic oxidation sites excluding steroid dienone is 2. The van der Waals surface area contributed by atoms with E-state index in [2.05, 4.69) is 0 Å². The smallest absolute Gasteiger partial charge is 0.161 e. The lowest BCUT2D eigenvalue weighted by Crippen LogP contribution is -2.15. The molecular weight excluding hydrogens is 216 g/mol. The van der Waals surface area contributed by atoms with Crippen LogP contribution >= 0.6 is 0 Å². The summed E-state index contributed by atoms with van der Waals surface area (Å²) in [5, 5.41) is 17.6. The van der Waals surface area contributed by atoms with Crippen molar-refractivity contribution in [3.05, 3.63) is 29.3 Å². The Bertz CT molecular complexity index is 546. The summed E-state index contributed by atoms with van der Waals surface area (Å²) in [7, 11) is 0. The molecule has 0 saturated heterocycles. The Labute approximate surface area is 99.3 Å². The van der Waals surface area contributed by atoms with Crippen molar-refractivity contribution in [3.63, 3.8) is 0 Å². The van der Waals surface area contributed by atoms with Crippen LogP contribution in [0.5, 0.6) is 11.5 Å². The second-order valence-electron chi connectivity index (χ2n) is 3.58. The van der Waals surface area contributed by atoms with Crippen LogP contribution in [0.25, 0.3) is 5.57 Å². The molecular formula is C13H10N2O2. The molecule has 0 amide bonds. The zero-order valence-electron chi connectivity index (χ0n) is 9.36. The first-order valence-corrected chi connectivity index (χ1v) is 5.17. The van der Waals surface area contributed by atoms with Gasteiger partial charge in [0.2, 0.25) is 0 Å². The van der Waals surface area contributed by atoms with Crippen LogP contribution < -0.4 is 9.47 Å². The minimum absolute atomic E-state index is 0.113. The normalized spacial score (nSPS) is 12.2. The molecule has 0 atom stereocenters. The molecule has 1 aromatic rings. The fraction of sp³-hybridized carbons (Fsp3) is 0.231. The topological polar surface area (TPSA) is 66.0 Å². The predicted octanol–water partition coefficient (Wildman–Crippen LogP) is 2.28. The van der Waals surface area contributed by atoms with E-state index >= 15 is 0 Å². The number of hydrogen-bond acceptors (Lipinski definition) is 4. The molecule has 0 N–H and O–H groups in total. The van der Waals surface area contributed by atoms with Crippen molar-refractivity contribution in [1.29, 1.82) is 10.5 Å². The zero-order valence-corrected chi connectivity index (χ0v) is 9.36. The molecule has 0 saturated carbocycles. The van der Waals surface area contributed by atoms with Crippen LogP contribution in [-0.2, 0) is 0 Å². The van der Waals surface area contributed by atoms with Gasteiger partial charge >= 0.3 is 0 Å². The number of ether oxygens (including phenoxy) is 2. The number of fused-ring (bicyclic) bond motifs is 1. The van der Waals surface area contributed by atoms with Gasteiger partial charge in [0.15, 0.2) is 11.5 Å². The summed E-state index contributed by atoms with van der Waals surface area (Å²) in [6, 6.07) is 9.15. The zero-order chi connectivity index (χ0) is 12.3. The maximum atomic E-state index is 8.81. The summed E-state index contributed by atoms with van der Waals surface area (Å²) < 4.78 is 10.8. The molecule has 0 radical (unpaired) electrons. The van der Waals surface area contributed by atoms with Crippen LogP contribution in [0.3, 0.4) is 0 Å². The molecule has 0 bridgehead atoms. The van der Waals surface area contributed by atoms with Gasteiger partial charge in [-0.1, -0.05) is 6.07 Å². The van der Waals surface area contributed by atoms with Crippen molar-refractivity contribution >= 4 is 5.57 Å². The van der Waals surface area contributed by atoms with Crippen molar-refractivity contribution in [2.75, 3.05) is 13.2 Å². The lowest BCUT2D eigenvalue weighted by atomic mass is 10.0. The summed E-state index contributed by atoms with van der Waals surface area (Å²) in [6.07, 6.45) is 0. The molecule has 1 aliphatic rings. The van der Waals surface area contributed by atoms with Crippen LogP contribution in [0.4, 0.5) is 0 Å². The number of rotatable bonds is 1. The van der Waals surface area contributed by atoms with Gasteiger partial charge in [-0.05, 0) is 30.2 Å². The van der Waals surface area contributed by atoms with E-state index in [1.807, 2.05) is 18.2 Å². The second kappa shape index (κ2) is 4.59. The summed E-state index contributed by atoms with van der Waals surface area (Å²) in [5.74, 6) is 1.35. The van der Waals surface area contributed by atoms with Crippen LogP contribution in [0, 0.1) is 22.7 Å². The standard InChI is InChI=1S/C13H10N2O2/c1-9(11(7-14)8-15)10-2-3-12-13(6-10)17-5-4-16-12/h2-3,6H,4-5H2,1H3. The summed E-state index contributed by atoms with van der Waals surface area (Å²) >= 11 is 0. The Morgan fingerprint density at radius 2 is 1.76 bits per heavy atom. The van der Waals surface area contributed by atoms with Gasteiger partial charge in [0.25, 0.3) is 0 Å². The second-order valence-corrected chi connectivity index (χ2v) is 3.58. The lowest BCUT2D eigenvalue weighted by molar-refractivity contribution is 0.171. The van der Waals surface area contributed by atoms with Crippen LogP contribution in [0.2, 0.25) is 0 Å². The number of nitriles is 2. The van der Waals surface area contributed by atoms with Crippen LogP contribution in [0.1, 0.15) is 12.5 Å². The van der Waals surface area contributed by atoms with Gasteiger partial charge in [-0.15, -0.1) is 0 Å². The van der Waals surface area contributed by atoms with Crippen molar-refractivity contribution < 1.29 is 9.47 Å². The molecule has 0 unspecified atom stereocenters. The van der Waals surface area contributed by atoms with Gasteiger partial charge in [0, 0.05) is 0 Å². The maximum Gasteiger partial charge on any atom is 0.161 e. The van der Waals surface area contributed by atoms with E-state index in [9.17, 15) is 0 Å². The third kappa shape index (κ3) is 2.07. The highest BCUT2D eigenvalue weighted by molar-refractivity contribution is 5.75. The molecule has 1 aromatic carbocycles. The molecule has 0 spiro atoms. The summed E-state index contributed by atoms with van der Waals surface area (Å²) in [5.41, 5.74) is 1.56. The third-order valence-corrected chi connectivity index (χ3v) is 2.57. The van der Waals surface area contributed by atoms with Crippen molar-refractivity contribution in [2.45, 2.75) is 6.92 Å². The molecule has 0 aromatic heterocycles. The number of hydrogen-bond donors (Lipinski definition) is 0. The van der Waals surface area contributed by atoms with Gasteiger partial charge in [0.1, 0.15) is 30.9 Å². The number of nitrogens with zero attached hydrogens (tertiary/aromatic N) is 2. The molecule has 1 heterocycles. The van der Waals surface area contributed by atoms with E-state index in [-0.39, 0.29) is 5.57 Å². The summed E-state index contributed by atoms with van der Waals surface area (Å²) in [6.45, 7) is 2.80. The van der Waals surface area contributed by atoms with Gasteiger partial charge < -0.3 is 9.47 Å². The average molecular weight is 226 g/mol. The van der Waals surface area contributed by atoms with Gasteiger partial charge in [-0.3, -0.25) is 0 Å². The van der Waals surface area contributed by atoms with E-state index < -0.39 is 0 Å². The first-order valence-electron chi connectivity index (χ1n) is 5.17. The van der Waals surface area contributed by atoms with Gasteiger partial charge in [0.05, 0.1) is 0 Å². The van der Waals surface area contributed by atoms with Crippen LogP contribution in [-0.4, -0.2) is 13.2 Å². The molecule has 4 heteroatoms. The molecule has 84 valence electrons. The van der Waals surface area contributed by atoms with E-state index in [1.165, 1.54) is 0 Å². The Balaban J connectivity index is 2.46.